The molecular formula is C24H25NO4. The molecule has 1 aliphatic carbocycles. The lowest BCUT2D eigenvalue weighted by Gasteiger charge is -2.23. The molecule has 1 N–H and O–H groups in total. The highest BCUT2D eigenvalue weighted by atomic mass is 16.5. The molecule has 5 rings (SSSR count). The van der Waals surface area contributed by atoms with Gasteiger partial charge in [0.2, 0.25) is 0 Å². The maximum absolute atomic E-state index is 12.2. The highest BCUT2D eigenvalue weighted by molar-refractivity contribution is 5.99. The van der Waals surface area contributed by atoms with E-state index in [1.807, 2.05) is 24.3 Å². The molecule has 0 saturated heterocycles. The molecule has 1 saturated carbocycles. The molecule has 5 nitrogen and oxygen atoms in total. The molecule has 2 heterocycles. The largest absolute Gasteiger partial charge is 0.504 e. The third-order valence-electron chi connectivity index (χ3n) is 6.35. The predicted octanol–water partition coefficient (Wildman–Crippen LogP) is 5.24. The minimum Gasteiger partial charge on any atom is -0.504 e. The molecule has 1 aliphatic heterocycles. The number of aromatic hydroxyl groups is 1. The van der Waals surface area contributed by atoms with E-state index in [2.05, 4.69) is 10.6 Å². The third kappa shape index (κ3) is 2.87. The normalized spacial score (nSPS) is 16.6. The Morgan fingerprint density at radius 2 is 2.00 bits per heavy atom. The van der Waals surface area contributed by atoms with E-state index in [1.54, 1.807) is 6.07 Å². The lowest BCUT2D eigenvalue weighted by atomic mass is 9.81. The van der Waals surface area contributed by atoms with Gasteiger partial charge in [-0.1, -0.05) is 31.4 Å². The van der Waals surface area contributed by atoms with Crippen molar-refractivity contribution < 1.29 is 19.4 Å². The number of hydrogen-bond acceptors (Lipinski definition) is 4. The number of para-hydroxylation sites is 1. The Balaban J connectivity index is 1.83. The standard InChI is InChI=1S/C24H25NO4/c1-28-24(27)16-10-11-17-19(14-16)25-12-13-29-23-18(8-5-9-20(23)26)22(25)21(17)15-6-3-2-4-7-15/h5,8-11,14-15,26H,2-4,6-7,12-13H2,1H3. The summed E-state index contributed by atoms with van der Waals surface area (Å²) >= 11 is 0. The van der Waals surface area contributed by atoms with E-state index in [0.717, 1.165) is 16.8 Å². The van der Waals surface area contributed by atoms with Gasteiger partial charge in [-0.3, -0.25) is 0 Å². The van der Waals surface area contributed by atoms with E-state index in [4.69, 9.17) is 9.47 Å². The summed E-state index contributed by atoms with van der Waals surface area (Å²) < 4.78 is 13.2. The Bertz CT molecular complexity index is 1090. The van der Waals surface area contributed by atoms with Crippen molar-refractivity contribution in [3.63, 3.8) is 0 Å². The van der Waals surface area contributed by atoms with Gasteiger partial charge < -0.3 is 19.1 Å². The van der Waals surface area contributed by atoms with Crippen LogP contribution in [-0.4, -0.2) is 29.4 Å². The number of methoxy groups -OCH3 is 1. The van der Waals surface area contributed by atoms with Crippen molar-refractivity contribution >= 4 is 16.9 Å². The molecule has 0 spiro atoms. The van der Waals surface area contributed by atoms with Crippen LogP contribution in [0.1, 0.15) is 53.9 Å². The summed E-state index contributed by atoms with van der Waals surface area (Å²) in [6, 6.07) is 11.4. The third-order valence-corrected chi connectivity index (χ3v) is 6.35. The highest BCUT2D eigenvalue weighted by Gasteiger charge is 2.30. The fraction of sp³-hybridized carbons (Fsp3) is 0.375. The molecule has 0 bridgehead atoms. The Morgan fingerprint density at radius 3 is 2.79 bits per heavy atom. The molecule has 2 aromatic carbocycles. The first-order chi connectivity index (χ1) is 14.2. The van der Waals surface area contributed by atoms with E-state index in [0.29, 0.717) is 30.4 Å². The zero-order chi connectivity index (χ0) is 20.0. The summed E-state index contributed by atoms with van der Waals surface area (Å²) in [5.41, 5.74) is 4.96. The van der Waals surface area contributed by atoms with E-state index in [-0.39, 0.29) is 11.7 Å². The molecule has 2 aliphatic rings. The van der Waals surface area contributed by atoms with Gasteiger partial charge in [-0.2, -0.15) is 0 Å². The van der Waals surface area contributed by atoms with Gasteiger partial charge in [0.25, 0.3) is 0 Å². The molecule has 150 valence electrons. The second-order valence-electron chi connectivity index (χ2n) is 7.97. The SMILES string of the molecule is COC(=O)c1ccc2c(C3CCCCC3)c3n(c2c1)CCOc1c(O)cccc1-3. The Labute approximate surface area is 169 Å². The Morgan fingerprint density at radius 1 is 1.17 bits per heavy atom. The summed E-state index contributed by atoms with van der Waals surface area (Å²) in [6.45, 7) is 1.13. The van der Waals surface area contributed by atoms with Crippen LogP contribution in [-0.2, 0) is 11.3 Å². The average Bonchev–Trinajstić information content (AvgIpc) is 2.95. The minimum atomic E-state index is -0.329. The van der Waals surface area contributed by atoms with E-state index >= 15 is 0 Å². The number of phenolic OH excluding ortho intramolecular Hbond substituents is 1. The Hall–Kier alpha value is -2.95. The molecule has 0 atom stereocenters. The maximum Gasteiger partial charge on any atom is 0.337 e. The lowest BCUT2D eigenvalue weighted by Crippen LogP contribution is -2.07. The number of aromatic nitrogens is 1. The number of fused-ring (bicyclic) bond motifs is 5. The van der Waals surface area contributed by atoms with Gasteiger partial charge in [-0.15, -0.1) is 0 Å². The summed E-state index contributed by atoms with van der Waals surface area (Å²) in [5.74, 6) is 0.870. The lowest BCUT2D eigenvalue weighted by molar-refractivity contribution is 0.0601. The number of benzene rings is 2. The molecule has 1 aromatic heterocycles. The fourth-order valence-electron chi connectivity index (χ4n) is 5.05. The quantitative estimate of drug-likeness (QED) is 0.607. The molecule has 1 fully saturated rings. The van der Waals surface area contributed by atoms with Crippen LogP contribution in [0.15, 0.2) is 36.4 Å². The van der Waals surface area contributed by atoms with Crippen molar-refractivity contribution in [3.8, 4) is 22.8 Å². The van der Waals surface area contributed by atoms with Gasteiger partial charge in [0.05, 0.1) is 24.9 Å². The number of esters is 1. The van der Waals surface area contributed by atoms with E-state index in [9.17, 15) is 9.90 Å². The molecule has 0 radical (unpaired) electrons. The average molecular weight is 391 g/mol. The topological polar surface area (TPSA) is 60.7 Å². The molecule has 5 heteroatoms. The van der Waals surface area contributed by atoms with Gasteiger partial charge in [0, 0.05) is 16.5 Å². The van der Waals surface area contributed by atoms with Crippen molar-refractivity contribution in [2.45, 2.75) is 44.6 Å². The summed E-state index contributed by atoms with van der Waals surface area (Å²) in [5, 5.41) is 11.6. The van der Waals surface area contributed by atoms with Crippen molar-refractivity contribution in [1.82, 2.24) is 4.57 Å². The number of hydrogen-bond donors (Lipinski definition) is 1. The van der Waals surface area contributed by atoms with E-state index in [1.165, 1.54) is 50.2 Å². The number of phenols is 1. The van der Waals surface area contributed by atoms with Crippen LogP contribution >= 0.6 is 0 Å². The predicted molar refractivity (Wildman–Crippen MR) is 112 cm³/mol. The first-order valence-corrected chi connectivity index (χ1v) is 10.4. The van der Waals surface area contributed by atoms with Gasteiger partial charge in [-0.05, 0) is 48.6 Å². The number of rotatable bonds is 2. The number of nitrogens with zero attached hydrogens (tertiary/aromatic N) is 1. The van der Waals surface area contributed by atoms with Crippen molar-refractivity contribution in [2.24, 2.45) is 0 Å². The number of carbonyl (C=O) groups excluding carboxylic acids is 1. The maximum atomic E-state index is 12.2. The Kier molecular flexibility index (Phi) is 4.46. The van der Waals surface area contributed by atoms with Crippen molar-refractivity contribution in [1.29, 1.82) is 0 Å². The van der Waals surface area contributed by atoms with E-state index < -0.39 is 0 Å². The minimum absolute atomic E-state index is 0.172. The highest BCUT2D eigenvalue weighted by Crippen LogP contribution is 2.48. The number of carbonyl (C=O) groups is 1. The van der Waals surface area contributed by atoms with Crippen LogP contribution in [0.3, 0.4) is 0 Å². The van der Waals surface area contributed by atoms with Crippen molar-refractivity contribution in [3.05, 3.63) is 47.5 Å². The second kappa shape index (κ2) is 7.14. The molecule has 3 aromatic rings. The van der Waals surface area contributed by atoms with Gasteiger partial charge in [0.1, 0.15) is 6.61 Å². The molecular weight excluding hydrogens is 366 g/mol. The first-order valence-electron chi connectivity index (χ1n) is 10.4. The zero-order valence-electron chi connectivity index (χ0n) is 16.6. The van der Waals surface area contributed by atoms with Crippen LogP contribution in [0.4, 0.5) is 0 Å². The van der Waals surface area contributed by atoms with Gasteiger partial charge in [0.15, 0.2) is 11.5 Å². The fourth-order valence-corrected chi connectivity index (χ4v) is 5.05. The molecule has 29 heavy (non-hydrogen) atoms. The summed E-state index contributed by atoms with van der Waals surface area (Å²) in [6.07, 6.45) is 6.10. The summed E-state index contributed by atoms with van der Waals surface area (Å²) in [7, 11) is 1.41. The van der Waals surface area contributed by atoms with Crippen LogP contribution < -0.4 is 4.74 Å². The number of ether oxygens (including phenoxy) is 2. The molecule has 0 amide bonds. The van der Waals surface area contributed by atoms with Crippen LogP contribution in [0, 0.1) is 0 Å². The smallest absolute Gasteiger partial charge is 0.337 e. The monoisotopic (exact) mass is 391 g/mol. The summed E-state index contributed by atoms with van der Waals surface area (Å²) in [4.78, 5) is 12.2. The second-order valence-corrected chi connectivity index (χ2v) is 7.97. The molecule has 0 unspecified atom stereocenters. The van der Waals surface area contributed by atoms with Gasteiger partial charge in [-0.25, -0.2) is 4.79 Å². The first kappa shape index (κ1) is 18.1. The van der Waals surface area contributed by atoms with Gasteiger partial charge >= 0.3 is 5.97 Å². The van der Waals surface area contributed by atoms with Crippen molar-refractivity contribution in [2.75, 3.05) is 13.7 Å². The van der Waals surface area contributed by atoms with Crippen LogP contribution in [0.2, 0.25) is 0 Å². The van der Waals surface area contributed by atoms with Crippen LogP contribution in [0.5, 0.6) is 11.5 Å². The zero-order valence-corrected chi connectivity index (χ0v) is 16.6. The van der Waals surface area contributed by atoms with Crippen LogP contribution in [0.25, 0.3) is 22.2 Å².